The zero-order valence-corrected chi connectivity index (χ0v) is 7.68. The van der Waals surface area contributed by atoms with Crippen LogP contribution in [0.2, 0.25) is 0 Å². The average Bonchev–Trinajstić information content (AvgIpc) is 1.73. The van der Waals surface area contributed by atoms with Crippen molar-refractivity contribution in [3.63, 3.8) is 0 Å². The molecule has 2 heteroatoms. The molecule has 0 spiro atoms. The SMILES string of the molecule is C[N+](C)([O-])CCCC1CCC1. The molecule has 1 aliphatic carbocycles. The number of hydrogen-bond acceptors (Lipinski definition) is 1. The van der Waals surface area contributed by atoms with Crippen LogP contribution in [0.15, 0.2) is 0 Å². The Morgan fingerprint density at radius 1 is 1.36 bits per heavy atom. The standard InChI is InChI=1S/C9H19NO/c1-10(2,11)8-4-7-9-5-3-6-9/h9H,3-8H2,1-2H3. The predicted octanol–water partition coefficient (Wildman–Crippen LogP) is 2.14. The molecule has 1 rings (SSSR count). The summed E-state index contributed by atoms with van der Waals surface area (Å²) < 4.78 is -0.118. The Labute approximate surface area is 69.4 Å². The minimum Gasteiger partial charge on any atom is -0.633 e. The van der Waals surface area contributed by atoms with Crippen molar-refractivity contribution in [3.8, 4) is 0 Å². The van der Waals surface area contributed by atoms with Crippen LogP contribution in [-0.2, 0) is 0 Å². The fourth-order valence-corrected chi connectivity index (χ4v) is 1.54. The van der Waals surface area contributed by atoms with Crippen molar-refractivity contribution in [1.82, 2.24) is 0 Å². The van der Waals surface area contributed by atoms with E-state index in [4.69, 9.17) is 0 Å². The first-order chi connectivity index (χ1) is 5.08. The van der Waals surface area contributed by atoms with Crippen molar-refractivity contribution in [2.45, 2.75) is 32.1 Å². The van der Waals surface area contributed by atoms with Crippen LogP contribution in [0.4, 0.5) is 0 Å². The van der Waals surface area contributed by atoms with Crippen molar-refractivity contribution in [1.29, 1.82) is 0 Å². The largest absolute Gasteiger partial charge is 0.633 e. The third-order valence-electron chi connectivity index (χ3n) is 2.53. The highest BCUT2D eigenvalue weighted by atomic mass is 16.5. The van der Waals surface area contributed by atoms with Crippen LogP contribution < -0.4 is 0 Å². The zero-order valence-electron chi connectivity index (χ0n) is 7.68. The molecule has 0 aliphatic heterocycles. The first-order valence-corrected chi connectivity index (χ1v) is 4.62. The van der Waals surface area contributed by atoms with E-state index >= 15 is 0 Å². The number of quaternary nitrogens is 1. The van der Waals surface area contributed by atoms with Gasteiger partial charge in [-0.05, 0) is 18.8 Å². The van der Waals surface area contributed by atoms with Crippen LogP contribution in [-0.4, -0.2) is 25.3 Å². The third kappa shape index (κ3) is 3.73. The summed E-state index contributed by atoms with van der Waals surface area (Å²) >= 11 is 0. The van der Waals surface area contributed by atoms with Crippen molar-refractivity contribution in [3.05, 3.63) is 5.21 Å². The van der Waals surface area contributed by atoms with E-state index in [0.29, 0.717) is 0 Å². The van der Waals surface area contributed by atoms with Crippen molar-refractivity contribution in [2.75, 3.05) is 20.6 Å². The summed E-state index contributed by atoms with van der Waals surface area (Å²) in [6.45, 7) is 0.788. The number of hydroxylamine groups is 3. The maximum atomic E-state index is 11.1. The fraction of sp³-hybridized carbons (Fsp3) is 1.00. The molecule has 0 amide bonds. The van der Waals surface area contributed by atoms with Gasteiger partial charge in [-0.25, -0.2) is 0 Å². The van der Waals surface area contributed by atoms with Crippen molar-refractivity contribution in [2.24, 2.45) is 5.92 Å². The van der Waals surface area contributed by atoms with Crippen LogP contribution in [0.25, 0.3) is 0 Å². The summed E-state index contributed by atoms with van der Waals surface area (Å²) in [7, 11) is 3.45. The lowest BCUT2D eigenvalue weighted by Gasteiger charge is -2.35. The second-order valence-electron chi connectivity index (χ2n) is 4.24. The van der Waals surface area contributed by atoms with E-state index in [1.165, 1.54) is 25.7 Å². The van der Waals surface area contributed by atoms with E-state index in [1.807, 2.05) is 0 Å². The molecule has 0 N–H and O–H groups in total. The normalized spacial score (nSPS) is 19.9. The van der Waals surface area contributed by atoms with Gasteiger partial charge >= 0.3 is 0 Å². The van der Waals surface area contributed by atoms with Gasteiger partial charge in [0.15, 0.2) is 0 Å². The van der Waals surface area contributed by atoms with Gasteiger partial charge in [0.1, 0.15) is 0 Å². The highest BCUT2D eigenvalue weighted by Crippen LogP contribution is 2.30. The summed E-state index contributed by atoms with van der Waals surface area (Å²) in [5.41, 5.74) is 0. The van der Waals surface area contributed by atoms with Gasteiger partial charge in [-0.3, -0.25) is 0 Å². The van der Waals surface area contributed by atoms with Gasteiger partial charge in [-0.15, -0.1) is 0 Å². The van der Waals surface area contributed by atoms with Gasteiger partial charge in [-0.1, -0.05) is 19.3 Å². The second-order valence-corrected chi connectivity index (χ2v) is 4.24. The lowest BCUT2D eigenvalue weighted by atomic mass is 9.82. The van der Waals surface area contributed by atoms with Crippen LogP contribution >= 0.6 is 0 Å². The monoisotopic (exact) mass is 157 g/mol. The van der Waals surface area contributed by atoms with Crippen LogP contribution in [0.1, 0.15) is 32.1 Å². The molecule has 1 fully saturated rings. The highest BCUT2D eigenvalue weighted by Gasteiger charge is 2.17. The summed E-state index contributed by atoms with van der Waals surface area (Å²) in [6.07, 6.45) is 6.63. The van der Waals surface area contributed by atoms with Gasteiger partial charge in [0, 0.05) is 0 Å². The first kappa shape index (κ1) is 9.01. The number of nitrogens with zero attached hydrogens (tertiary/aromatic N) is 1. The minimum absolute atomic E-state index is 0.118. The quantitative estimate of drug-likeness (QED) is 0.453. The third-order valence-corrected chi connectivity index (χ3v) is 2.53. The molecule has 0 atom stereocenters. The molecular weight excluding hydrogens is 138 g/mol. The molecule has 2 nitrogen and oxygen atoms in total. The van der Waals surface area contributed by atoms with Gasteiger partial charge in [0.2, 0.25) is 0 Å². The second kappa shape index (κ2) is 3.55. The summed E-state index contributed by atoms with van der Waals surface area (Å²) in [4.78, 5) is 0. The van der Waals surface area contributed by atoms with Crippen molar-refractivity contribution >= 4 is 0 Å². The van der Waals surface area contributed by atoms with Gasteiger partial charge in [0.25, 0.3) is 0 Å². The average molecular weight is 157 g/mol. The Balaban J connectivity index is 1.95. The Hall–Kier alpha value is -0.0800. The fourth-order valence-electron chi connectivity index (χ4n) is 1.54. The molecule has 0 aromatic rings. The van der Waals surface area contributed by atoms with Crippen molar-refractivity contribution < 1.29 is 4.65 Å². The topological polar surface area (TPSA) is 23.1 Å². The first-order valence-electron chi connectivity index (χ1n) is 4.62. The molecule has 0 aromatic carbocycles. The Kier molecular flexibility index (Phi) is 2.90. The van der Waals surface area contributed by atoms with Crippen LogP contribution in [0, 0.1) is 11.1 Å². The molecule has 66 valence electrons. The molecular formula is C9H19NO. The zero-order chi connectivity index (χ0) is 8.32. The van der Waals surface area contributed by atoms with Crippen LogP contribution in [0.3, 0.4) is 0 Å². The summed E-state index contributed by atoms with van der Waals surface area (Å²) in [5, 5.41) is 11.1. The van der Waals surface area contributed by atoms with Crippen LogP contribution in [0.5, 0.6) is 0 Å². The Morgan fingerprint density at radius 2 is 2.00 bits per heavy atom. The maximum Gasteiger partial charge on any atom is 0.0779 e. The smallest absolute Gasteiger partial charge is 0.0779 e. The lowest BCUT2D eigenvalue weighted by molar-refractivity contribution is -0.840. The Morgan fingerprint density at radius 3 is 2.36 bits per heavy atom. The van der Waals surface area contributed by atoms with E-state index in [-0.39, 0.29) is 4.65 Å². The number of rotatable bonds is 4. The molecule has 0 unspecified atom stereocenters. The molecule has 0 bridgehead atoms. The summed E-state index contributed by atoms with van der Waals surface area (Å²) in [5.74, 6) is 0.960. The van der Waals surface area contributed by atoms with Gasteiger partial charge in [0.05, 0.1) is 20.6 Å². The summed E-state index contributed by atoms with van der Waals surface area (Å²) in [6, 6.07) is 0. The van der Waals surface area contributed by atoms with E-state index in [2.05, 4.69) is 0 Å². The molecule has 11 heavy (non-hydrogen) atoms. The molecule has 0 radical (unpaired) electrons. The molecule has 0 saturated heterocycles. The maximum absolute atomic E-state index is 11.1. The molecule has 1 saturated carbocycles. The highest BCUT2D eigenvalue weighted by molar-refractivity contribution is 4.68. The number of hydrogen-bond donors (Lipinski definition) is 0. The lowest BCUT2D eigenvalue weighted by Crippen LogP contribution is -2.33. The minimum atomic E-state index is -0.118. The predicted molar refractivity (Wildman–Crippen MR) is 46.9 cm³/mol. The van der Waals surface area contributed by atoms with E-state index in [0.717, 1.165) is 18.9 Å². The molecule has 0 heterocycles. The van der Waals surface area contributed by atoms with E-state index < -0.39 is 0 Å². The molecule has 1 aliphatic rings. The van der Waals surface area contributed by atoms with E-state index in [1.54, 1.807) is 14.1 Å². The van der Waals surface area contributed by atoms with E-state index in [9.17, 15) is 5.21 Å². The molecule has 0 aromatic heterocycles. The van der Waals surface area contributed by atoms with Gasteiger partial charge in [-0.2, -0.15) is 0 Å². The Bertz CT molecular complexity index is 113. The van der Waals surface area contributed by atoms with Gasteiger partial charge < -0.3 is 9.85 Å².